The number of rotatable bonds is 5. The molecule has 1 aliphatic carbocycles. The fourth-order valence-corrected chi connectivity index (χ4v) is 3.72. The van der Waals surface area contributed by atoms with E-state index in [9.17, 15) is 4.79 Å². The van der Waals surface area contributed by atoms with E-state index in [0.29, 0.717) is 23.8 Å². The minimum atomic E-state index is 0.199. The van der Waals surface area contributed by atoms with E-state index in [2.05, 4.69) is 36.4 Å². The van der Waals surface area contributed by atoms with Gasteiger partial charge in [0.05, 0.1) is 11.6 Å². The van der Waals surface area contributed by atoms with E-state index in [0.717, 1.165) is 12.0 Å². The van der Waals surface area contributed by atoms with Crippen LogP contribution in [0.15, 0.2) is 54.6 Å². The minimum absolute atomic E-state index is 0.199. The topological polar surface area (TPSA) is 40.9 Å². The van der Waals surface area contributed by atoms with Crippen LogP contribution in [0.3, 0.4) is 0 Å². The third kappa shape index (κ3) is 4.11. The maximum Gasteiger partial charge on any atom is 0.162 e. The highest BCUT2D eigenvalue weighted by Crippen LogP contribution is 2.37. The van der Waals surface area contributed by atoms with E-state index < -0.39 is 0 Å². The molecule has 1 aliphatic rings. The first kappa shape index (κ1) is 16.5. The average molecular weight is 317 g/mol. The summed E-state index contributed by atoms with van der Waals surface area (Å²) in [6, 6.07) is 19.9. The lowest BCUT2D eigenvalue weighted by Gasteiger charge is -2.28. The summed E-state index contributed by atoms with van der Waals surface area (Å²) in [5.74, 6) is 1.56. The summed E-state index contributed by atoms with van der Waals surface area (Å²) in [6.45, 7) is 0. The van der Waals surface area contributed by atoms with Crippen molar-refractivity contribution in [2.45, 2.75) is 44.4 Å². The monoisotopic (exact) mass is 317 g/mol. The number of carbonyl (C=O) groups is 1. The molecule has 0 radical (unpaired) electrons. The zero-order valence-corrected chi connectivity index (χ0v) is 13.9. The molecule has 0 heterocycles. The van der Waals surface area contributed by atoms with Crippen molar-refractivity contribution in [1.82, 2.24) is 0 Å². The van der Waals surface area contributed by atoms with Crippen molar-refractivity contribution in [3.8, 4) is 6.07 Å². The summed E-state index contributed by atoms with van der Waals surface area (Å²) in [7, 11) is 0. The lowest BCUT2D eigenvalue weighted by atomic mass is 9.77. The van der Waals surface area contributed by atoms with Gasteiger partial charge in [0.1, 0.15) is 0 Å². The fraction of sp³-hybridized carbons (Fsp3) is 0.364. The smallest absolute Gasteiger partial charge is 0.162 e. The largest absolute Gasteiger partial charge is 0.294 e. The molecule has 24 heavy (non-hydrogen) atoms. The van der Waals surface area contributed by atoms with Crippen molar-refractivity contribution in [2.24, 2.45) is 5.92 Å². The average Bonchev–Trinajstić information content (AvgIpc) is 2.67. The van der Waals surface area contributed by atoms with Crippen molar-refractivity contribution in [2.75, 3.05) is 0 Å². The molecule has 0 amide bonds. The van der Waals surface area contributed by atoms with E-state index >= 15 is 0 Å². The van der Waals surface area contributed by atoms with E-state index in [1.807, 2.05) is 0 Å². The molecule has 0 unspecified atom stereocenters. The number of nitriles is 1. The van der Waals surface area contributed by atoms with Gasteiger partial charge >= 0.3 is 0 Å². The third-order valence-electron chi connectivity index (χ3n) is 5.23. The number of hydrogen-bond donors (Lipinski definition) is 0. The Morgan fingerprint density at radius 3 is 2.25 bits per heavy atom. The second kappa shape index (κ2) is 7.93. The number of Topliss-reactive ketones (excluding diaryl/α,β-unsaturated/α-hetero) is 1. The molecular formula is C22H23NO. The Bertz CT molecular complexity index is 704. The molecule has 0 atom stereocenters. The van der Waals surface area contributed by atoms with E-state index in [1.165, 1.54) is 31.2 Å². The molecule has 2 heteroatoms. The van der Waals surface area contributed by atoms with Gasteiger partial charge in [0.15, 0.2) is 5.78 Å². The molecule has 2 nitrogen and oxygen atoms in total. The zero-order chi connectivity index (χ0) is 16.8. The molecule has 122 valence electrons. The number of carbonyl (C=O) groups excluding carboxylic acids is 1. The zero-order valence-electron chi connectivity index (χ0n) is 13.9. The fourth-order valence-electron chi connectivity index (χ4n) is 3.72. The SMILES string of the molecule is N#Cc1ccc(C(=O)CCC2CCC(c3ccccc3)CC2)cc1. The Morgan fingerprint density at radius 1 is 0.958 bits per heavy atom. The number of ketones is 1. The lowest BCUT2D eigenvalue weighted by Crippen LogP contribution is -2.14. The van der Waals surface area contributed by atoms with Crippen LogP contribution in [0.2, 0.25) is 0 Å². The Hall–Kier alpha value is -2.40. The number of hydrogen-bond acceptors (Lipinski definition) is 2. The Balaban J connectivity index is 1.46. The predicted molar refractivity (Wildman–Crippen MR) is 95.9 cm³/mol. The van der Waals surface area contributed by atoms with Crippen molar-refractivity contribution in [3.05, 3.63) is 71.3 Å². The van der Waals surface area contributed by atoms with Gasteiger partial charge in [-0.3, -0.25) is 4.79 Å². The molecule has 3 rings (SSSR count). The van der Waals surface area contributed by atoms with Crippen LogP contribution in [0.4, 0.5) is 0 Å². The van der Waals surface area contributed by atoms with Crippen LogP contribution in [0.1, 0.15) is 65.9 Å². The summed E-state index contributed by atoms with van der Waals surface area (Å²) >= 11 is 0. The minimum Gasteiger partial charge on any atom is -0.294 e. The van der Waals surface area contributed by atoms with Crippen LogP contribution in [0.25, 0.3) is 0 Å². The summed E-state index contributed by atoms with van der Waals surface area (Å²) in [5, 5.41) is 8.81. The lowest BCUT2D eigenvalue weighted by molar-refractivity contribution is 0.0969. The quantitative estimate of drug-likeness (QED) is 0.684. The van der Waals surface area contributed by atoms with Crippen LogP contribution >= 0.6 is 0 Å². The molecule has 0 spiro atoms. The third-order valence-corrected chi connectivity index (χ3v) is 5.23. The van der Waals surface area contributed by atoms with Gasteiger partial charge in [0.25, 0.3) is 0 Å². The van der Waals surface area contributed by atoms with Crippen molar-refractivity contribution in [1.29, 1.82) is 5.26 Å². The highest BCUT2D eigenvalue weighted by atomic mass is 16.1. The Kier molecular flexibility index (Phi) is 5.43. The molecule has 0 bridgehead atoms. The van der Waals surface area contributed by atoms with E-state index in [-0.39, 0.29) is 5.78 Å². The van der Waals surface area contributed by atoms with Gasteiger partial charge < -0.3 is 0 Å². The molecule has 1 saturated carbocycles. The van der Waals surface area contributed by atoms with Crippen molar-refractivity contribution in [3.63, 3.8) is 0 Å². The van der Waals surface area contributed by atoms with Gasteiger partial charge in [-0.25, -0.2) is 0 Å². The van der Waals surface area contributed by atoms with Crippen molar-refractivity contribution < 1.29 is 4.79 Å². The Morgan fingerprint density at radius 2 is 1.62 bits per heavy atom. The predicted octanol–water partition coefficient (Wildman–Crippen LogP) is 5.50. The molecule has 1 fully saturated rings. The molecule has 0 aromatic heterocycles. The Labute approximate surface area is 144 Å². The standard InChI is InChI=1S/C22H23NO/c23-16-18-8-13-21(14-9-18)22(24)15-10-17-6-11-20(12-7-17)19-4-2-1-3-5-19/h1-5,8-9,13-14,17,20H,6-7,10-12,15H2. The van der Waals surface area contributed by atoms with Crippen LogP contribution in [0, 0.1) is 17.2 Å². The van der Waals surface area contributed by atoms with Crippen molar-refractivity contribution >= 4 is 5.78 Å². The molecule has 2 aromatic carbocycles. The van der Waals surface area contributed by atoms with Gasteiger partial charge in [-0.05, 0) is 61.6 Å². The normalized spacial score (nSPS) is 20.3. The van der Waals surface area contributed by atoms with E-state index in [4.69, 9.17) is 5.26 Å². The molecule has 0 aliphatic heterocycles. The first-order valence-corrected chi connectivity index (χ1v) is 8.84. The summed E-state index contributed by atoms with van der Waals surface area (Å²) in [6.07, 6.45) is 6.52. The summed E-state index contributed by atoms with van der Waals surface area (Å²) in [4.78, 5) is 12.3. The number of nitrogens with zero attached hydrogens (tertiary/aromatic N) is 1. The molecule has 0 N–H and O–H groups in total. The molecule has 2 aromatic rings. The summed E-state index contributed by atoms with van der Waals surface area (Å²) < 4.78 is 0. The van der Waals surface area contributed by atoms with Gasteiger partial charge in [0.2, 0.25) is 0 Å². The maximum absolute atomic E-state index is 12.3. The summed E-state index contributed by atoms with van der Waals surface area (Å²) in [5.41, 5.74) is 2.79. The maximum atomic E-state index is 12.3. The van der Waals surface area contributed by atoms with Crippen LogP contribution in [0.5, 0.6) is 0 Å². The highest BCUT2D eigenvalue weighted by molar-refractivity contribution is 5.96. The van der Waals surface area contributed by atoms with Crippen LogP contribution in [-0.2, 0) is 0 Å². The van der Waals surface area contributed by atoms with Gasteiger partial charge in [0, 0.05) is 12.0 Å². The van der Waals surface area contributed by atoms with Gasteiger partial charge in [-0.1, -0.05) is 42.5 Å². The number of benzene rings is 2. The second-order valence-electron chi connectivity index (χ2n) is 6.78. The van der Waals surface area contributed by atoms with Gasteiger partial charge in [-0.2, -0.15) is 5.26 Å². The van der Waals surface area contributed by atoms with Crippen LogP contribution in [-0.4, -0.2) is 5.78 Å². The first-order chi connectivity index (χ1) is 11.8. The molecular weight excluding hydrogens is 294 g/mol. The van der Waals surface area contributed by atoms with E-state index in [1.54, 1.807) is 24.3 Å². The van der Waals surface area contributed by atoms with Gasteiger partial charge in [-0.15, -0.1) is 0 Å². The first-order valence-electron chi connectivity index (χ1n) is 8.84. The highest BCUT2D eigenvalue weighted by Gasteiger charge is 2.22. The molecule has 0 saturated heterocycles. The second-order valence-corrected chi connectivity index (χ2v) is 6.78. The van der Waals surface area contributed by atoms with Crippen LogP contribution < -0.4 is 0 Å².